The van der Waals surface area contributed by atoms with Gasteiger partial charge in [-0.1, -0.05) is 6.92 Å². The van der Waals surface area contributed by atoms with Crippen molar-refractivity contribution in [3.05, 3.63) is 0 Å². The maximum Gasteiger partial charge on any atom is 0.317 e. The lowest BCUT2D eigenvalue weighted by Crippen LogP contribution is -2.53. The van der Waals surface area contributed by atoms with Crippen molar-refractivity contribution in [2.24, 2.45) is 5.92 Å². The lowest BCUT2D eigenvalue weighted by Gasteiger charge is -2.33. The molecule has 2 fully saturated rings. The van der Waals surface area contributed by atoms with Crippen LogP contribution in [0.2, 0.25) is 0 Å². The van der Waals surface area contributed by atoms with Gasteiger partial charge in [-0.3, -0.25) is 0 Å². The van der Waals surface area contributed by atoms with Crippen LogP contribution in [0.15, 0.2) is 0 Å². The normalized spacial score (nSPS) is 24.6. The molecule has 2 rings (SSSR count). The highest BCUT2D eigenvalue weighted by molar-refractivity contribution is 7.88. The maximum atomic E-state index is 12.1. The number of rotatable bonds is 5. The first-order chi connectivity index (χ1) is 10.9. The highest BCUT2D eigenvalue weighted by atomic mass is 32.2. The molecule has 0 saturated carbocycles. The summed E-state index contributed by atoms with van der Waals surface area (Å²) in [6.07, 6.45) is 4.77. The molecule has 0 aromatic carbocycles. The molecule has 23 heavy (non-hydrogen) atoms. The molecule has 7 nitrogen and oxygen atoms in total. The Bertz CT molecular complexity index is 489. The van der Waals surface area contributed by atoms with Gasteiger partial charge in [0, 0.05) is 39.3 Å². The van der Waals surface area contributed by atoms with E-state index < -0.39 is 10.0 Å². The van der Waals surface area contributed by atoms with Gasteiger partial charge in [-0.05, 0) is 38.3 Å². The fourth-order valence-corrected chi connectivity index (χ4v) is 4.15. The van der Waals surface area contributed by atoms with Crippen LogP contribution in [-0.4, -0.2) is 87.2 Å². The fraction of sp³-hybridized carbons (Fsp3) is 0.933. The van der Waals surface area contributed by atoms with E-state index in [4.69, 9.17) is 0 Å². The van der Waals surface area contributed by atoms with Crippen LogP contribution >= 0.6 is 0 Å². The molecule has 1 N–H and O–H groups in total. The second-order valence-electron chi connectivity index (χ2n) is 6.78. The van der Waals surface area contributed by atoms with Gasteiger partial charge in [-0.25, -0.2) is 13.2 Å². The molecule has 134 valence electrons. The molecule has 1 atom stereocenters. The van der Waals surface area contributed by atoms with Crippen molar-refractivity contribution in [1.82, 2.24) is 19.4 Å². The van der Waals surface area contributed by atoms with E-state index in [-0.39, 0.29) is 6.03 Å². The van der Waals surface area contributed by atoms with Gasteiger partial charge in [0.15, 0.2) is 0 Å². The van der Waals surface area contributed by atoms with Crippen LogP contribution < -0.4 is 5.32 Å². The van der Waals surface area contributed by atoms with Crippen molar-refractivity contribution in [2.75, 3.05) is 58.6 Å². The molecular formula is C15H30N4O3S. The van der Waals surface area contributed by atoms with Gasteiger partial charge in [-0.2, -0.15) is 4.31 Å². The number of piperazine rings is 1. The van der Waals surface area contributed by atoms with Crippen LogP contribution in [-0.2, 0) is 10.0 Å². The predicted molar refractivity (Wildman–Crippen MR) is 90.8 cm³/mol. The fourth-order valence-electron chi connectivity index (χ4n) is 3.32. The second kappa shape index (κ2) is 8.30. The second-order valence-corrected chi connectivity index (χ2v) is 8.77. The summed E-state index contributed by atoms with van der Waals surface area (Å²) in [4.78, 5) is 16.3. The third-order valence-corrected chi connectivity index (χ3v) is 5.97. The Kier molecular flexibility index (Phi) is 6.67. The Labute approximate surface area is 140 Å². The lowest BCUT2D eigenvalue weighted by molar-refractivity contribution is 0.168. The molecule has 0 radical (unpaired) electrons. The molecule has 2 saturated heterocycles. The summed E-state index contributed by atoms with van der Waals surface area (Å²) in [5, 5.41) is 2.95. The summed E-state index contributed by atoms with van der Waals surface area (Å²) in [6, 6.07) is -0.0786. The molecule has 2 aliphatic rings. The van der Waals surface area contributed by atoms with E-state index in [0.717, 1.165) is 18.9 Å². The van der Waals surface area contributed by atoms with Gasteiger partial charge in [0.2, 0.25) is 10.0 Å². The molecule has 0 unspecified atom stereocenters. The zero-order valence-electron chi connectivity index (χ0n) is 14.3. The maximum absolute atomic E-state index is 12.1. The number of nitrogens with zero attached hydrogens (tertiary/aromatic N) is 3. The number of sulfonamides is 1. The van der Waals surface area contributed by atoms with Crippen molar-refractivity contribution in [1.29, 1.82) is 0 Å². The van der Waals surface area contributed by atoms with Crippen LogP contribution in [0.1, 0.15) is 26.2 Å². The minimum absolute atomic E-state index is 0.0786. The topological polar surface area (TPSA) is 73.0 Å². The first-order valence-electron chi connectivity index (χ1n) is 8.56. The van der Waals surface area contributed by atoms with Gasteiger partial charge in [0.1, 0.15) is 0 Å². The van der Waals surface area contributed by atoms with Gasteiger partial charge >= 0.3 is 6.03 Å². The molecule has 0 aliphatic carbocycles. The minimum Gasteiger partial charge on any atom is -0.338 e. The van der Waals surface area contributed by atoms with E-state index in [1.165, 1.54) is 36.5 Å². The SMILES string of the molecule is C[C@@H]1CCCN(CCCNC(=O)N2CCN(S(C)(=O)=O)CC2)C1. The smallest absolute Gasteiger partial charge is 0.317 e. The predicted octanol–water partition coefficient (Wildman–Crippen LogP) is 0.395. The van der Waals surface area contributed by atoms with Crippen molar-refractivity contribution >= 4 is 16.1 Å². The van der Waals surface area contributed by atoms with Crippen molar-refractivity contribution in [3.63, 3.8) is 0 Å². The number of hydrogen-bond donors (Lipinski definition) is 1. The Morgan fingerprint density at radius 2 is 1.87 bits per heavy atom. The largest absolute Gasteiger partial charge is 0.338 e. The molecular weight excluding hydrogens is 316 g/mol. The zero-order valence-corrected chi connectivity index (χ0v) is 15.1. The number of carbonyl (C=O) groups excluding carboxylic acids is 1. The van der Waals surface area contributed by atoms with Crippen molar-refractivity contribution in [3.8, 4) is 0 Å². The number of urea groups is 1. The van der Waals surface area contributed by atoms with Crippen molar-refractivity contribution in [2.45, 2.75) is 26.2 Å². The third-order valence-electron chi connectivity index (χ3n) is 4.66. The summed E-state index contributed by atoms with van der Waals surface area (Å²) in [6.45, 7) is 8.04. The first kappa shape index (κ1) is 18.5. The van der Waals surface area contributed by atoms with Crippen LogP contribution in [0.5, 0.6) is 0 Å². The zero-order chi connectivity index (χ0) is 16.9. The summed E-state index contributed by atoms with van der Waals surface area (Å²) >= 11 is 0. The highest BCUT2D eigenvalue weighted by Crippen LogP contribution is 2.15. The Morgan fingerprint density at radius 1 is 1.17 bits per heavy atom. The standard InChI is InChI=1S/C15H30N4O3S/c1-14-5-3-7-17(13-14)8-4-6-16-15(20)18-9-11-19(12-10-18)23(2,21)22/h14H,3-13H2,1-2H3,(H,16,20)/t14-/m1/s1. The highest BCUT2D eigenvalue weighted by Gasteiger charge is 2.25. The first-order valence-corrected chi connectivity index (χ1v) is 10.4. The van der Waals surface area contributed by atoms with E-state index in [0.29, 0.717) is 32.7 Å². The average Bonchev–Trinajstić information content (AvgIpc) is 2.51. The van der Waals surface area contributed by atoms with Gasteiger partial charge < -0.3 is 15.1 Å². The van der Waals surface area contributed by atoms with E-state index in [2.05, 4.69) is 17.1 Å². The molecule has 2 aliphatic heterocycles. The van der Waals surface area contributed by atoms with Crippen molar-refractivity contribution < 1.29 is 13.2 Å². The monoisotopic (exact) mass is 346 g/mol. The molecule has 0 aromatic heterocycles. The van der Waals surface area contributed by atoms with Crippen LogP contribution in [0.4, 0.5) is 4.79 Å². The lowest BCUT2D eigenvalue weighted by atomic mass is 10.0. The third kappa shape index (κ3) is 5.93. The van der Waals surface area contributed by atoms with E-state index >= 15 is 0 Å². The molecule has 0 spiro atoms. The van der Waals surface area contributed by atoms with Gasteiger partial charge in [0.25, 0.3) is 0 Å². The van der Waals surface area contributed by atoms with Gasteiger partial charge in [0.05, 0.1) is 6.26 Å². The Morgan fingerprint density at radius 3 is 2.48 bits per heavy atom. The van der Waals surface area contributed by atoms with E-state index in [1.807, 2.05) is 0 Å². The summed E-state index contributed by atoms with van der Waals surface area (Å²) in [7, 11) is -3.14. The average molecular weight is 346 g/mol. The number of piperidine rings is 1. The summed E-state index contributed by atoms with van der Waals surface area (Å²) in [5.74, 6) is 0.782. The Hall–Kier alpha value is -0.860. The van der Waals surface area contributed by atoms with E-state index in [9.17, 15) is 13.2 Å². The minimum atomic E-state index is -3.14. The van der Waals surface area contributed by atoms with Crippen LogP contribution in [0, 0.1) is 5.92 Å². The number of amides is 2. The molecule has 0 bridgehead atoms. The summed E-state index contributed by atoms with van der Waals surface area (Å²) < 4.78 is 24.3. The molecule has 0 aromatic rings. The summed E-state index contributed by atoms with van der Waals surface area (Å²) in [5.41, 5.74) is 0. The van der Waals surface area contributed by atoms with Gasteiger partial charge in [-0.15, -0.1) is 0 Å². The molecule has 8 heteroatoms. The quantitative estimate of drug-likeness (QED) is 0.731. The van der Waals surface area contributed by atoms with Crippen LogP contribution in [0.25, 0.3) is 0 Å². The van der Waals surface area contributed by atoms with Crippen LogP contribution in [0.3, 0.4) is 0 Å². The number of carbonyl (C=O) groups is 1. The molecule has 2 amide bonds. The number of likely N-dealkylation sites (tertiary alicyclic amines) is 1. The number of hydrogen-bond acceptors (Lipinski definition) is 4. The Balaban J connectivity index is 1.60. The van der Waals surface area contributed by atoms with E-state index in [1.54, 1.807) is 4.90 Å². The number of nitrogens with one attached hydrogen (secondary N) is 1. The molecule has 2 heterocycles.